The zero-order valence-electron chi connectivity index (χ0n) is 12.3. The molecule has 1 aromatic carbocycles. The summed E-state index contributed by atoms with van der Waals surface area (Å²) in [5.74, 6) is 1.59. The van der Waals surface area contributed by atoms with Crippen LogP contribution in [0, 0.1) is 20.8 Å². The van der Waals surface area contributed by atoms with E-state index in [2.05, 4.69) is 10.6 Å². The van der Waals surface area contributed by atoms with E-state index in [1.165, 1.54) is 0 Å². The number of aryl methyl sites for hydroxylation is 3. The largest absolute Gasteiger partial charge is 0.464 e. The van der Waals surface area contributed by atoms with Gasteiger partial charge in [0.05, 0.1) is 6.04 Å². The molecule has 0 saturated heterocycles. The highest BCUT2D eigenvalue weighted by atomic mass is 16.3. The zero-order valence-corrected chi connectivity index (χ0v) is 12.3. The monoisotopic (exact) mass is 272 g/mol. The predicted octanol–water partition coefficient (Wildman–Crippen LogP) is 4.09. The normalized spacial score (nSPS) is 12.0. The number of amides is 2. The van der Waals surface area contributed by atoms with Crippen LogP contribution in [0.2, 0.25) is 0 Å². The maximum absolute atomic E-state index is 12.0. The Morgan fingerprint density at radius 3 is 2.55 bits per heavy atom. The van der Waals surface area contributed by atoms with Gasteiger partial charge in [0, 0.05) is 5.69 Å². The summed E-state index contributed by atoms with van der Waals surface area (Å²) in [5, 5.41) is 5.73. The second-order valence-electron chi connectivity index (χ2n) is 5.09. The SMILES string of the molecule is Cc1ccc(C)c(NC(=O)N[C@H](C)c2ccc(C)o2)c1. The van der Waals surface area contributed by atoms with Crippen LogP contribution >= 0.6 is 0 Å². The number of carbonyl (C=O) groups is 1. The Hall–Kier alpha value is -2.23. The number of rotatable bonds is 3. The second kappa shape index (κ2) is 5.82. The fourth-order valence-corrected chi connectivity index (χ4v) is 1.98. The van der Waals surface area contributed by atoms with Crippen LogP contribution in [0.3, 0.4) is 0 Å². The summed E-state index contributed by atoms with van der Waals surface area (Å²) >= 11 is 0. The summed E-state index contributed by atoms with van der Waals surface area (Å²) in [4.78, 5) is 12.0. The van der Waals surface area contributed by atoms with Gasteiger partial charge >= 0.3 is 6.03 Å². The van der Waals surface area contributed by atoms with Crippen molar-refractivity contribution in [2.45, 2.75) is 33.7 Å². The lowest BCUT2D eigenvalue weighted by Gasteiger charge is -2.14. The standard InChI is InChI=1S/C16H20N2O2/c1-10-5-6-11(2)14(9-10)18-16(19)17-13(4)15-8-7-12(3)20-15/h5-9,13H,1-4H3,(H2,17,18,19)/t13-/m1/s1. The first-order valence-corrected chi connectivity index (χ1v) is 6.67. The average Bonchev–Trinajstić information content (AvgIpc) is 2.80. The molecule has 2 amide bonds. The fourth-order valence-electron chi connectivity index (χ4n) is 1.98. The highest BCUT2D eigenvalue weighted by molar-refractivity contribution is 5.90. The third kappa shape index (κ3) is 3.41. The molecule has 0 unspecified atom stereocenters. The summed E-state index contributed by atoms with van der Waals surface area (Å²) in [6, 6.07) is 9.32. The molecule has 2 aromatic rings. The van der Waals surface area contributed by atoms with Gasteiger partial charge in [-0.2, -0.15) is 0 Å². The topological polar surface area (TPSA) is 54.3 Å². The smallest absolute Gasteiger partial charge is 0.319 e. The zero-order chi connectivity index (χ0) is 14.7. The van der Waals surface area contributed by atoms with Crippen molar-refractivity contribution >= 4 is 11.7 Å². The minimum atomic E-state index is -0.236. The van der Waals surface area contributed by atoms with Crippen LogP contribution in [0.25, 0.3) is 0 Å². The first-order valence-electron chi connectivity index (χ1n) is 6.67. The molecule has 0 aliphatic carbocycles. The van der Waals surface area contributed by atoms with Gasteiger partial charge in [0.15, 0.2) is 0 Å². The molecule has 106 valence electrons. The van der Waals surface area contributed by atoms with Crippen LogP contribution in [0.4, 0.5) is 10.5 Å². The summed E-state index contributed by atoms with van der Waals surface area (Å²) in [7, 11) is 0. The molecule has 0 aliphatic heterocycles. The van der Waals surface area contributed by atoms with Crippen molar-refractivity contribution in [2.75, 3.05) is 5.32 Å². The molecule has 1 heterocycles. The van der Waals surface area contributed by atoms with E-state index in [0.717, 1.165) is 28.3 Å². The maximum Gasteiger partial charge on any atom is 0.319 e. The van der Waals surface area contributed by atoms with Crippen LogP contribution in [-0.4, -0.2) is 6.03 Å². The fraction of sp³-hybridized carbons (Fsp3) is 0.312. The minimum Gasteiger partial charge on any atom is -0.464 e. The number of hydrogen-bond acceptors (Lipinski definition) is 2. The van der Waals surface area contributed by atoms with Gasteiger partial charge in [0.2, 0.25) is 0 Å². The lowest BCUT2D eigenvalue weighted by Crippen LogP contribution is -2.31. The molecule has 2 rings (SSSR count). The van der Waals surface area contributed by atoms with Gasteiger partial charge in [-0.05, 0) is 57.0 Å². The maximum atomic E-state index is 12.0. The van der Waals surface area contributed by atoms with Crippen molar-refractivity contribution in [3.63, 3.8) is 0 Å². The van der Waals surface area contributed by atoms with E-state index < -0.39 is 0 Å². The summed E-state index contributed by atoms with van der Waals surface area (Å²) in [6.07, 6.45) is 0. The first-order chi connectivity index (χ1) is 9.45. The van der Waals surface area contributed by atoms with E-state index in [1.54, 1.807) is 0 Å². The number of anilines is 1. The second-order valence-corrected chi connectivity index (χ2v) is 5.09. The Morgan fingerprint density at radius 1 is 1.15 bits per heavy atom. The summed E-state index contributed by atoms with van der Waals surface area (Å²) in [6.45, 7) is 7.73. The third-order valence-corrected chi connectivity index (χ3v) is 3.18. The van der Waals surface area contributed by atoms with Crippen LogP contribution in [0.15, 0.2) is 34.7 Å². The molecular weight excluding hydrogens is 252 g/mol. The van der Waals surface area contributed by atoms with Crippen LogP contribution in [-0.2, 0) is 0 Å². The molecule has 0 bridgehead atoms. The molecule has 2 N–H and O–H groups in total. The van der Waals surface area contributed by atoms with Gasteiger partial charge in [-0.3, -0.25) is 0 Å². The van der Waals surface area contributed by atoms with E-state index in [9.17, 15) is 4.79 Å². The number of benzene rings is 1. The van der Waals surface area contributed by atoms with Gasteiger partial charge in [0.1, 0.15) is 11.5 Å². The first kappa shape index (κ1) is 14.2. The Balaban J connectivity index is 2.00. The summed E-state index contributed by atoms with van der Waals surface area (Å²) < 4.78 is 5.50. The molecule has 4 heteroatoms. The Kier molecular flexibility index (Phi) is 4.13. The van der Waals surface area contributed by atoms with Gasteiger partial charge in [-0.25, -0.2) is 4.79 Å². The average molecular weight is 272 g/mol. The predicted molar refractivity (Wildman–Crippen MR) is 79.9 cm³/mol. The molecule has 0 aliphatic rings. The van der Waals surface area contributed by atoms with E-state index >= 15 is 0 Å². The van der Waals surface area contributed by atoms with E-state index in [4.69, 9.17) is 4.42 Å². The van der Waals surface area contributed by atoms with E-state index in [0.29, 0.717) is 0 Å². The molecule has 0 saturated carbocycles. The molecule has 20 heavy (non-hydrogen) atoms. The van der Waals surface area contributed by atoms with E-state index in [1.807, 2.05) is 58.0 Å². The number of furan rings is 1. The Labute approximate surface area is 119 Å². The summed E-state index contributed by atoms with van der Waals surface area (Å²) in [5.41, 5.74) is 2.97. The van der Waals surface area contributed by atoms with Gasteiger partial charge < -0.3 is 15.1 Å². The van der Waals surface area contributed by atoms with Gasteiger partial charge in [-0.1, -0.05) is 12.1 Å². The molecular formula is C16H20N2O2. The molecule has 0 fully saturated rings. The van der Waals surface area contributed by atoms with Crippen LogP contribution in [0.5, 0.6) is 0 Å². The van der Waals surface area contributed by atoms with Crippen molar-refractivity contribution in [1.29, 1.82) is 0 Å². The lowest BCUT2D eigenvalue weighted by molar-refractivity contribution is 0.247. The number of carbonyl (C=O) groups excluding carboxylic acids is 1. The van der Waals surface area contributed by atoms with Gasteiger partial charge in [-0.15, -0.1) is 0 Å². The van der Waals surface area contributed by atoms with Crippen molar-refractivity contribution in [3.05, 3.63) is 53.0 Å². The highest BCUT2D eigenvalue weighted by Crippen LogP contribution is 2.18. The van der Waals surface area contributed by atoms with Gasteiger partial charge in [0.25, 0.3) is 0 Å². The Bertz CT molecular complexity index is 617. The van der Waals surface area contributed by atoms with E-state index in [-0.39, 0.29) is 12.1 Å². The number of nitrogens with one attached hydrogen (secondary N) is 2. The quantitative estimate of drug-likeness (QED) is 0.884. The molecule has 4 nitrogen and oxygen atoms in total. The van der Waals surface area contributed by atoms with Crippen molar-refractivity contribution < 1.29 is 9.21 Å². The number of urea groups is 1. The van der Waals surface area contributed by atoms with Crippen molar-refractivity contribution in [3.8, 4) is 0 Å². The third-order valence-electron chi connectivity index (χ3n) is 3.18. The molecule has 1 atom stereocenters. The Morgan fingerprint density at radius 2 is 1.90 bits per heavy atom. The molecule has 1 aromatic heterocycles. The van der Waals surface area contributed by atoms with Crippen molar-refractivity contribution in [2.24, 2.45) is 0 Å². The number of hydrogen-bond donors (Lipinski definition) is 2. The molecule has 0 radical (unpaired) electrons. The van der Waals surface area contributed by atoms with Crippen LogP contribution < -0.4 is 10.6 Å². The highest BCUT2D eigenvalue weighted by Gasteiger charge is 2.13. The lowest BCUT2D eigenvalue weighted by atomic mass is 10.1. The van der Waals surface area contributed by atoms with Crippen LogP contribution in [0.1, 0.15) is 35.6 Å². The molecule has 0 spiro atoms. The minimum absolute atomic E-state index is 0.172. The van der Waals surface area contributed by atoms with Crippen molar-refractivity contribution in [1.82, 2.24) is 5.32 Å².